The van der Waals surface area contributed by atoms with Crippen LogP contribution in [-0.4, -0.2) is 59.8 Å². The van der Waals surface area contributed by atoms with E-state index in [0.29, 0.717) is 53.8 Å². The van der Waals surface area contributed by atoms with Crippen LogP contribution >= 0.6 is 0 Å². The van der Waals surface area contributed by atoms with E-state index in [1.165, 1.54) is 11.1 Å². The maximum atomic E-state index is 14.4. The fourth-order valence-electron chi connectivity index (χ4n) is 6.07. The van der Waals surface area contributed by atoms with Crippen molar-refractivity contribution in [2.24, 2.45) is 10.5 Å². The predicted octanol–water partition coefficient (Wildman–Crippen LogP) is 4.33. The summed E-state index contributed by atoms with van der Waals surface area (Å²) in [5, 5.41) is 5.94. The number of aromatic nitrogens is 2. The third-order valence-corrected chi connectivity index (χ3v) is 8.06. The molecule has 12 heteroatoms. The van der Waals surface area contributed by atoms with E-state index in [1.807, 2.05) is 9.80 Å². The Morgan fingerprint density at radius 3 is 2.51 bits per heavy atom. The Balaban J connectivity index is 1.41. The van der Waals surface area contributed by atoms with Crippen molar-refractivity contribution in [1.82, 2.24) is 9.97 Å². The van der Waals surface area contributed by atoms with Gasteiger partial charge in [-0.25, -0.2) is 14.8 Å². The summed E-state index contributed by atoms with van der Waals surface area (Å²) in [5.41, 5.74) is 0.423. The van der Waals surface area contributed by atoms with Crippen LogP contribution in [-0.2, 0) is 22.1 Å². The van der Waals surface area contributed by atoms with Gasteiger partial charge in [0.2, 0.25) is 5.95 Å². The van der Waals surface area contributed by atoms with Gasteiger partial charge in [0.1, 0.15) is 5.41 Å². The lowest BCUT2D eigenvalue weighted by Crippen LogP contribution is -2.67. The van der Waals surface area contributed by atoms with Crippen LogP contribution < -0.4 is 14.8 Å². The van der Waals surface area contributed by atoms with Crippen molar-refractivity contribution < 1.29 is 27.5 Å². The van der Waals surface area contributed by atoms with E-state index >= 15 is 0 Å². The largest absolute Gasteiger partial charge is 0.462 e. The number of rotatable bonds is 4. The van der Waals surface area contributed by atoms with Crippen LogP contribution in [0.4, 0.5) is 30.5 Å². The van der Waals surface area contributed by atoms with Gasteiger partial charge in [-0.15, -0.1) is 0 Å². The van der Waals surface area contributed by atoms with Gasteiger partial charge in [-0.2, -0.15) is 23.3 Å². The smallest absolute Gasteiger partial charge is 0.416 e. The first kappa shape index (κ1) is 26.7. The molecule has 0 unspecified atom stereocenters. The first-order valence-electron chi connectivity index (χ1n) is 13.3. The highest BCUT2D eigenvalue weighted by Crippen LogP contribution is 2.49. The van der Waals surface area contributed by atoms with Crippen LogP contribution in [0.3, 0.4) is 0 Å². The minimum absolute atomic E-state index is 0.0580. The number of hydrogen-bond acceptors (Lipinski definition) is 8. The molecule has 9 nitrogen and oxygen atoms in total. The third kappa shape index (κ3) is 4.37. The van der Waals surface area contributed by atoms with Gasteiger partial charge in [0.25, 0.3) is 5.91 Å². The molecule has 3 aliphatic rings. The Labute approximate surface area is 234 Å². The zero-order chi connectivity index (χ0) is 28.9. The predicted molar refractivity (Wildman–Crippen MR) is 146 cm³/mol. The summed E-state index contributed by atoms with van der Waals surface area (Å²) in [6.07, 6.45) is -1.16. The second-order valence-electron chi connectivity index (χ2n) is 10.3. The molecule has 3 aromatic rings. The fraction of sp³-hybridized carbons (Fsp3) is 0.345. The molecule has 1 aromatic heterocycles. The lowest BCUT2D eigenvalue weighted by Gasteiger charge is -2.53. The summed E-state index contributed by atoms with van der Waals surface area (Å²) in [5.74, 6) is -0.298. The Kier molecular flexibility index (Phi) is 6.43. The zero-order valence-electron chi connectivity index (χ0n) is 22.4. The molecule has 1 fully saturated rings. The van der Waals surface area contributed by atoms with Crippen molar-refractivity contribution in [2.45, 2.75) is 32.5 Å². The first-order valence-corrected chi connectivity index (χ1v) is 13.3. The van der Waals surface area contributed by atoms with E-state index in [9.17, 15) is 22.8 Å². The standard InChI is InChI=1S/C29H27F3N6O3/c1-3-41-25(39)19-5-8-22(9-6-19)38-26(40)28(18(2)35-38)16-20-15-21(29(30,31)32)7-10-23(20)37-14-13-36(17-24(28)37)27-33-11-4-12-34-27/h4-12,15,24H,3,13-14,16-17H2,1-2H3/t24-,28+/m0/s1. The minimum atomic E-state index is -4.52. The highest BCUT2D eigenvalue weighted by molar-refractivity contribution is 6.20. The number of esters is 1. The Bertz CT molecular complexity index is 1530. The number of carbonyl (C=O) groups excluding carboxylic acids is 2. The van der Waals surface area contributed by atoms with Gasteiger partial charge >= 0.3 is 12.1 Å². The summed E-state index contributed by atoms with van der Waals surface area (Å²) < 4.78 is 46.2. The second kappa shape index (κ2) is 9.86. The Morgan fingerprint density at radius 2 is 1.83 bits per heavy atom. The molecule has 2 atom stereocenters. The molecule has 0 N–H and O–H groups in total. The summed E-state index contributed by atoms with van der Waals surface area (Å²) in [6.45, 7) is 5.06. The first-order chi connectivity index (χ1) is 19.6. The lowest BCUT2D eigenvalue weighted by atomic mass is 9.67. The normalized spacial score (nSPS) is 22.0. The van der Waals surface area contributed by atoms with Crippen molar-refractivity contribution in [2.75, 3.05) is 41.0 Å². The summed E-state index contributed by atoms with van der Waals surface area (Å²) in [6, 6.07) is 11.4. The van der Waals surface area contributed by atoms with Crippen molar-refractivity contribution in [3.63, 3.8) is 0 Å². The molecule has 2 aromatic carbocycles. The number of hydrazone groups is 1. The number of nitrogens with zero attached hydrogens (tertiary/aromatic N) is 6. The van der Waals surface area contributed by atoms with Crippen LogP contribution in [0.2, 0.25) is 0 Å². The van der Waals surface area contributed by atoms with Crippen molar-refractivity contribution in [1.29, 1.82) is 0 Å². The second-order valence-corrected chi connectivity index (χ2v) is 10.3. The number of piperazine rings is 1. The number of ether oxygens (including phenoxy) is 1. The van der Waals surface area contributed by atoms with Gasteiger partial charge in [0.05, 0.1) is 35.2 Å². The van der Waals surface area contributed by atoms with Crippen molar-refractivity contribution >= 4 is 34.9 Å². The van der Waals surface area contributed by atoms with E-state index in [0.717, 1.165) is 12.1 Å². The topological polar surface area (TPSA) is 91.2 Å². The minimum Gasteiger partial charge on any atom is -0.462 e. The van der Waals surface area contributed by atoms with Gasteiger partial charge in [0, 0.05) is 37.7 Å². The zero-order valence-corrected chi connectivity index (χ0v) is 22.4. The number of fused-ring (bicyclic) bond motifs is 4. The SMILES string of the molecule is CCOC(=O)c1ccc(N2N=C(C)[C@@]3(Cc4cc(C(F)(F)F)ccc4N4CCN(c5ncccn5)C[C@H]43)C2=O)cc1. The highest BCUT2D eigenvalue weighted by atomic mass is 19.4. The van der Waals surface area contributed by atoms with Crippen molar-refractivity contribution in [3.05, 3.63) is 77.6 Å². The van der Waals surface area contributed by atoms with E-state index in [2.05, 4.69) is 15.1 Å². The molecule has 3 aliphatic heterocycles. The number of carbonyl (C=O) groups is 2. The van der Waals surface area contributed by atoms with E-state index in [-0.39, 0.29) is 18.9 Å². The Hall–Kier alpha value is -4.48. The van der Waals surface area contributed by atoms with Crippen LogP contribution in [0.15, 0.2) is 66.0 Å². The van der Waals surface area contributed by atoms with Crippen LogP contribution in [0, 0.1) is 5.41 Å². The van der Waals surface area contributed by atoms with Crippen LogP contribution in [0.25, 0.3) is 0 Å². The molecule has 1 amide bonds. The number of halogens is 3. The monoisotopic (exact) mass is 564 g/mol. The molecule has 1 spiro atoms. The fourth-order valence-corrected chi connectivity index (χ4v) is 6.07. The lowest BCUT2D eigenvalue weighted by molar-refractivity contribution is -0.137. The molecule has 4 heterocycles. The van der Waals surface area contributed by atoms with Gasteiger partial charge < -0.3 is 14.5 Å². The summed E-state index contributed by atoms with van der Waals surface area (Å²) in [7, 11) is 0. The maximum absolute atomic E-state index is 14.4. The van der Waals surface area contributed by atoms with Gasteiger partial charge in [-0.3, -0.25) is 4.79 Å². The molecule has 0 saturated carbocycles. The molecule has 1 saturated heterocycles. The van der Waals surface area contributed by atoms with Gasteiger partial charge in [-0.1, -0.05) is 0 Å². The van der Waals surface area contributed by atoms with Crippen LogP contribution in [0.5, 0.6) is 0 Å². The average Bonchev–Trinajstić information content (AvgIpc) is 3.22. The summed E-state index contributed by atoms with van der Waals surface area (Å²) in [4.78, 5) is 39.3. The number of anilines is 3. The third-order valence-electron chi connectivity index (χ3n) is 8.06. The molecule has 6 rings (SSSR count). The van der Waals surface area contributed by atoms with E-state index < -0.39 is 29.2 Å². The van der Waals surface area contributed by atoms with E-state index in [4.69, 9.17) is 4.74 Å². The molecule has 0 radical (unpaired) electrons. The number of hydrogen-bond donors (Lipinski definition) is 0. The Morgan fingerprint density at radius 1 is 1.10 bits per heavy atom. The highest BCUT2D eigenvalue weighted by Gasteiger charge is 2.60. The summed E-state index contributed by atoms with van der Waals surface area (Å²) >= 11 is 0. The van der Waals surface area contributed by atoms with Crippen LogP contribution in [0.1, 0.15) is 35.3 Å². The maximum Gasteiger partial charge on any atom is 0.416 e. The van der Waals surface area contributed by atoms with Gasteiger partial charge in [-0.05, 0) is 74.4 Å². The molecular formula is C29H27F3N6O3. The number of amides is 1. The molecule has 0 bridgehead atoms. The molecule has 41 heavy (non-hydrogen) atoms. The number of benzene rings is 2. The molecule has 212 valence electrons. The molecular weight excluding hydrogens is 537 g/mol. The average molecular weight is 565 g/mol. The molecule has 0 aliphatic carbocycles. The quantitative estimate of drug-likeness (QED) is 0.436. The van der Waals surface area contributed by atoms with Gasteiger partial charge in [0.15, 0.2) is 0 Å². The van der Waals surface area contributed by atoms with E-state index in [1.54, 1.807) is 56.6 Å². The van der Waals surface area contributed by atoms with Crippen molar-refractivity contribution in [3.8, 4) is 0 Å². The number of alkyl halides is 3.